The number of carbonyl (C=O) groups is 2. The largest absolute Gasteiger partial charge is 0.466 e. The van der Waals surface area contributed by atoms with Gasteiger partial charge in [0.25, 0.3) is 5.91 Å². The summed E-state index contributed by atoms with van der Waals surface area (Å²) in [5.41, 5.74) is -0.531. The molecule has 0 fully saturated rings. The summed E-state index contributed by atoms with van der Waals surface area (Å²) in [7, 11) is 0. The molecule has 18 heavy (non-hydrogen) atoms. The second-order valence-electron chi connectivity index (χ2n) is 4.17. The molecule has 5 heteroatoms. The van der Waals surface area contributed by atoms with Crippen LogP contribution in [0.4, 0.5) is 5.69 Å². The summed E-state index contributed by atoms with van der Waals surface area (Å²) in [6.07, 6.45) is 0.0285. The number of benzene rings is 1. The zero-order valence-electron chi connectivity index (χ0n) is 10.1. The first-order chi connectivity index (χ1) is 8.58. The van der Waals surface area contributed by atoms with Gasteiger partial charge in [0.05, 0.1) is 6.61 Å². The number of rotatable bonds is 4. The van der Waals surface area contributed by atoms with Crippen molar-refractivity contribution in [2.45, 2.75) is 25.4 Å². The number of hydrogen-bond acceptors (Lipinski definition) is 4. The molecule has 1 heterocycles. The molecule has 0 aromatic heterocycles. The van der Waals surface area contributed by atoms with Crippen LogP contribution in [0.5, 0.6) is 0 Å². The van der Waals surface area contributed by atoms with E-state index in [0.717, 1.165) is 0 Å². The van der Waals surface area contributed by atoms with Gasteiger partial charge in [0.1, 0.15) is 0 Å². The lowest BCUT2D eigenvalue weighted by molar-refractivity contribution is -0.146. The monoisotopic (exact) mass is 249 g/mol. The van der Waals surface area contributed by atoms with Gasteiger partial charge in [0.2, 0.25) is 0 Å². The molecule has 1 atom stereocenters. The molecule has 0 radical (unpaired) electrons. The summed E-state index contributed by atoms with van der Waals surface area (Å²) in [5.74, 6) is -0.906. The molecule has 2 rings (SSSR count). The van der Waals surface area contributed by atoms with Crippen molar-refractivity contribution in [3.8, 4) is 0 Å². The van der Waals surface area contributed by atoms with Crippen LogP contribution >= 0.6 is 0 Å². The quantitative estimate of drug-likeness (QED) is 0.785. The number of fused-ring (bicyclic) bond motifs is 1. The molecular weight excluding hydrogens is 234 g/mol. The lowest BCUT2D eigenvalue weighted by Gasteiger charge is -2.20. The van der Waals surface area contributed by atoms with Crippen LogP contribution in [0.2, 0.25) is 0 Å². The molecule has 0 spiro atoms. The first-order valence-corrected chi connectivity index (χ1v) is 5.87. The standard InChI is InChI=1S/C13H15NO4/c1-2-18-11(15)7-8-13(17)9-5-3-4-6-10(9)14-12(13)16/h3-6,17H,2,7-8H2,1H3,(H,14,16). The minimum Gasteiger partial charge on any atom is -0.466 e. The van der Waals surface area contributed by atoms with Gasteiger partial charge in [-0.3, -0.25) is 9.59 Å². The highest BCUT2D eigenvalue weighted by Gasteiger charge is 2.44. The number of esters is 1. The molecule has 0 saturated heterocycles. The highest BCUT2D eigenvalue weighted by molar-refractivity contribution is 6.05. The van der Waals surface area contributed by atoms with E-state index in [4.69, 9.17) is 4.74 Å². The first kappa shape index (κ1) is 12.6. The molecule has 1 aromatic rings. The normalized spacial score (nSPS) is 21.3. The molecular formula is C13H15NO4. The molecule has 1 aliphatic heterocycles. The van der Waals surface area contributed by atoms with Crippen molar-refractivity contribution >= 4 is 17.6 Å². The van der Waals surface area contributed by atoms with Crippen LogP contribution in [-0.2, 0) is 19.9 Å². The number of ether oxygens (including phenoxy) is 1. The third kappa shape index (κ3) is 2.09. The summed E-state index contributed by atoms with van der Waals surface area (Å²) >= 11 is 0. The van der Waals surface area contributed by atoms with E-state index in [0.29, 0.717) is 17.9 Å². The number of nitrogens with one attached hydrogen (secondary N) is 1. The van der Waals surface area contributed by atoms with E-state index in [1.54, 1.807) is 31.2 Å². The third-order valence-corrected chi connectivity index (χ3v) is 2.99. The Hall–Kier alpha value is -1.88. The van der Waals surface area contributed by atoms with Crippen molar-refractivity contribution in [3.05, 3.63) is 29.8 Å². The van der Waals surface area contributed by atoms with Crippen molar-refractivity contribution in [2.24, 2.45) is 0 Å². The lowest BCUT2D eigenvalue weighted by Crippen LogP contribution is -2.34. The third-order valence-electron chi connectivity index (χ3n) is 2.99. The van der Waals surface area contributed by atoms with Crippen molar-refractivity contribution in [1.29, 1.82) is 0 Å². The maximum atomic E-state index is 11.8. The van der Waals surface area contributed by atoms with E-state index >= 15 is 0 Å². The highest BCUT2D eigenvalue weighted by Crippen LogP contribution is 2.38. The lowest BCUT2D eigenvalue weighted by atomic mass is 9.90. The number of carbonyl (C=O) groups excluding carboxylic acids is 2. The molecule has 1 amide bonds. The van der Waals surface area contributed by atoms with Crippen LogP contribution < -0.4 is 5.32 Å². The van der Waals surface area contributed by atoms with Gasteiger partial charge in [0, 0.05) is 17.7 Å². The fraction of sp³-hybridized carbons (Fsp3) is 0.385. The van der Waals surface area contributed by atoms with E-state index in [9.17, 15) is 14.7 Å². The van der Waals surface area contributed by atoms with Crippen molar-refractivity contribution in [3.63, 3.8) is 0 Å². The Balaban J connectivity index is 2.15. The Bertz CT molecular complexity index is 486. The fourth-order valence-corrected chi connectivity index (χ4v) is 2.07. The van der Waals surface area contributed by atoms with Gasteiger partial charge in [-0.2, -0.15) is 0 Å². The maximum absolute atomic E-state index is 11.8. The second-order valence-corrected chi connectivity index (χ2v) is 4.17. The van der Waals surface area contributed by atoms with Crippen LogP contribution in [-0.4, -0.2) is 23.6 Å². The predicted molar refractivity (Wildman–Crippen MR) is 64.8 cm³/mol. The number of para-hydroxylation sites is 1. The number of hydrogen-bond donors (Lipinski definition) is 2. The van der Waals surface area contributed by atoms with E-state index in [2.05, 4.69) is 5.32 Å². The zero-order chi connectivity index (χ0) is 13.2. The molecule has 2 N–H and O–H groups in total. The van der Waals surface area contributed by atoms with Gasteiger partial charge in [-0.15, -0.1) is 0 Å². The summed E-state index contributed by atoms with van der Waals surface area (Å²) in [4.78, 5) is 23.1. The van der Waals surface area contributed by atoms with Crippen LogP contribution in [0.3, 0.4) is 0 Å². The number of aliphatic hydroxyl groups is 1. The van der Waals surface area contributed by atoms with Crippen molar-refractivity contribution < 1.29 is 19.4 Å². The van der Waals surface area contributed by atoms with Crippen molar-refractivity contribution in [1.82, 2.24) is 0 Å². The Labute approximate surface area is 105 Å². The first-order valence-electron chi connectivity index (χ1n) is 5.87. The van der Waals surface area contributed by atoms with Gasteiger partial charge in [-0.05, 0) is 19.4 Å². The molecule has 96 valence electrons. The van der Waals surface area contributed by atoms with E-state index in [1.807, 2.05) is 0 Å². The minimum atomic E-state index is -1.64. The van der Waals surface area contributed by atoms with E-state index in [1.165, 1.54) is 0 Å². The zero-order valence-corrected chi connectivity index (χ0v) is 10.1. The molecule has 0 saturated carbocycles. The van der Waals surface area contributed by atoms with Crippen LogP contribution in [0.1, 0.15) is 25.3 Å². The average molecular weight is 249 g/mol. The number of anilines is 1. The molecule has 0 bridgehead atoms. The Kier molecular flexibility index (Phi) is 3.34. The Morgan fingerprint density at radius 1 is 1.44 bits per heavy atom. The topological polar surface area (TPSA) is 75.6 Å². The summed E-state index contributed by atoms with van der Waals surface area (Å²) < 4.78 is 4.79. The van der Waals surface area contributed by atoms with Crippen molar-refractivity contribution in [2.75, 3.05) is 11.9 Å². The van der Waals surface area contributed by atoms with Gasteiger partial charge >= 0.3 is 5.97 Å². The number of amides is 1. The smallest absolute Gasteiger partial charge is 0.305 e. The molecule has 0 aliphatic carbocycles. The van der Waals surface area contributed by atoms with Crippen LogP contribution in [0, 0.1) is 0 Å². The molecule has 1 aliphatic rings. The van der Waals surface area contributed by atoms with E-state index in [-0.39, 0.29) is 12.8 Å². The average Bonchev–Trinajstić information content (AvgIpc) is 2.61. The highest BCUT2D eigenvalue weighted by atomic mass is 16.5. The van der Waals surface area contributed by atoms with Gasteiger partial charge < -0.3 is 15.2 Å². The summed E-state index contributed by atoms with van der Waals surface area (Å²) in [6, 6.07) is 6.92. The molecule has 5 nitrogen and oxygen atoms in total. The van der Waals surface area contributed by atoms with Gasteiger partial charge in [-0.1, -0.05) is 18.2 Å². The molecule has 1 aromatic carbocycles. The van der Waals surface area contributed by atoms with Gasteiger partial charge in [-0.25, -0.2) is 0 Å². The Morgan fingerprint density at radius 2 is 2.17 bits per heavy atom. The molecule has 1 unspecified atom stereocenters. The fourth-order valence-electron chi connectivity index (χ4n) is 2.07. The summed E-state index contributed by atoms with van der Waals surface area (Å²) in [6.45, 7) is 2.00. The summed E-state index contributed by atoms with van der Waals surface area (Å²) in [5, 5.41) is 13.0. The van der Waals surface area contributed by atoms with E-state index < -0.39 is 17.5 Å². The second kappa shape index (κ2) is 4.78. The maximum Gasteiger partial charge on any atom is 0.305 e. The van der Waals surface area contributed by atoms with Crippen LogP contribution in [0.15, 0.2) is 24.3 Å². The van der Waals surface area contributed by atoms with Gasteiger partial charge in [0.15, 0.2) is 5.60 Å². The SMILES string of the molecule is CCOC(=O)CCC1(O)C(=O)Nc2ccccc21. The Morgan fingerprint density at radius 3 is 2.89 bits per heavy atom. The predicted octanol–water partition coefficient (Wildman–Crippen LogP) is 1.17. The van der Waals surface area contributed by atoms with Crippen LogP contribution in [0.25, 0.3) is 0 Å². The minimum absolute atomic E-state index is 0.00605.